The van der Waals surface area contributed by atoms with Gasteiger partial charge in [0.25, 0.3) is 0 Å². The van der Waals surface area contributed by atoms with E-state index in [1.54, 1.807) is 23.0 Å². The van der Waals surface area contributed by atoms with Crippen LogP contribution < -0.4 is 5.32 Å². The Labute approximate surface area is 154 Å². The zero-order chi connectivity index (χ0) is 18.8. The van der Waals surface area contributed by atoms with Gasteiger partial charge in [-0.3, -0.25) is 5.32 Å². The zero-order valence-corrected chi connectivity index (χ0v) is 14.2. The van der Waals surface area contributed by atoms with Crippen LogP contribution in [-0.2, 0) is 6.61 Å². The molecule has 2 aromatic heterocycles. The largest absolute Gasteiger partial charge is 0.465 e. The molecule has 4 rings (SSSR count). The molecule has 0 spiro atoms. The van der Waals surface area contributed by atoms with E-state index in [1.165, 1.54) is 0 Å². The Balaban J connectivity index is 1.98. The molecule has 1 amide bonds. The van der Waals surface area contributed by atoms with E-state index in [1.807, 2.05) is 48.5 Å². The topological polar surface area (TPSA) is 100 Å². The lowest BCUT2D eigenvalue weighted by Crippen LogP contribution is -2.10. The highest BCUT2D eigenvalue weighted by atomic mass is 16.4. The molecule has 0 unspecified atom stereocenters. The summed E-state index contributed by atoms with van der Waals surface area (Å²) in [7, 11) is 0. The number of aliphatic hydroxyl groups is 1. The summed E-state index contributed by atoms with van der Waals surface area (Å²) < 4.78 is 1.62. The molecule has 0 radical (unpaired) electrons. The average molecular weight is 360 g/mol. The minimum atomic E-state index is -1.17. The summed E-state index contributed by atoms with van der Waals surface area (Å²) in [6, 6.07) is 18.4. The third-order valence-corrected chi connectivity index (χ3v) is 4.24. The number of hydrogen-bond donors (Lipinski definition) is 3. The van der Waals surface area contributed by atoms with Crippen molar-refractivity contribution < 1.29 is 15.0 Å². The minimum absolute atomic E-state index is 0.167. The first-order chi connectivity index (χ1) is 13.2. The Morgan fingerprint density at radius 1 is 1.07 bits per heavy atom. The molecular weight excluding hydrogens is 344 g/mol. The van der Waals surface area contributed by atoms with Gasteiger partial charge in [-0.25, -0.2) is 14.5 Å². The van der Waals surface area contributed by atoms with Crippen molar-refractivity contribution in [3.8, 4) is 16.9 Å². The molecule has 0 fully saturated rings. The van der Waals surface area contributed by atoms with E-state index in [9.17, 15) is 15.0 Å². The smallest absolute Gasteiger partial charge is 0.409 e. The summed E-state index contributed by atoms with van der Waals surface area (Å²) in [5, 5.41) is 26.4. The molecule has 0 atom stereocenters. The molecule has 7 heteroatoms. The second-order valence-electron chi connectivity index (χ2n) is 5.92. The normalized spacial score (nSPS) is 10.9. The summed E-state index contributed by atoms with van der Waals surface area (Å²) in [6.45, 7) is -0.167. The standard InChI is InChI=1S/C20H16N4O3/c25-12-14-9-10-21-24(14)18-8-4-2-6-15(18)19-17(23-20(26)27)11-13-5-1-3-7-16(13)22-19/h1-11,23,25H,12H2,(H,26,27). The molecule has 4 aromatic rings. The Hall–Kier alpha value is -3.71. The number of nitrogens with zero attached hydrogens (tertiary/aromatic N) is 3. The van der Waals surface area contributed by atoms with Crippen molar-refractivity contribution in [3.63, 3.8) is 0 Å². The highest BCUT2D eigenvalue weighted by Crippen LogP contribution is 2.33. The van der Waals surface area contributed by atoms with Crippen molar-refractivity contribution in [2.45, 2.75) is 6.61 Å². The molecule has 27 heavy (non-hydrogen) atoms. The van der Waals surface area contributed by atoms with Crippen molar-refractivity contribution >= 4 is 22.7 Å². The lowest BCUT2D eigenvalue weighted by atomic mass is 10.0. The van der Waals surface area contributed by atoms with E-state index >= 15 is 0 Å². The summed E-state index contributed by atoms with van der Waals surface area (Å²) in [6.07, 6.45) is 0.438. The van der Waals surface area contributed by atoms with E-state index < -0.39 is 6.09 Å². The first-order valence-corrected chi connectivity index (χ1v) is 8.30. The monoisotopic (exact) mass is 360 g/mol. The number of aromatic nitrogens is 3. The highest BCUT2D eigenvalue weighted by molar-refractivity contribution is 5.96. The fourth-order valence-electron chi connectivity index (χ4n) is 3.06. The molecule has 0 saturated heterocycles. The summed E-state index contributed by atoms with van der Waals surface area (Å²) in [5.41, 5.74) is 3.64. The summed E-state index contributed by atoms with van der Waals surface area (Å²) in [4.78, 5) is 16.0. The maximum Gasteiger partial charge on any atom is 0.409 e. The van der Waals surface area contributed by atoms with Crippen LogP contribution in [0.5, 0.6) is 0 Å². The van der Waals surface area contributed by atoms with Crippen molar-refractivity contribution in [2.75, 3.05) is 5.32 Å². The number of rotatable bonds is 4. The van der Waals surface area contributed by atoms with E-state index in [2.05, 4.69) is 10.4 Å². The number of benzene rings is 2. The maximum absolute atomic E-state index is 11.3. The van der Waals surface area contributed by atoms with Crippen LogP contribution in [0.25, 0.3) is 27.8 Å². The molecule has 0 aliphatic heterocycles. The van der Waals surface area contributed by atoms with Crippen molar-refractivity contribution in [1.82, 2.24) is 14.8 Å². The van der Waals surface area contributed by atoms with Gasteiger partial charge in [0.15, 0.2) is 0 Å². The number of fused-ring (bicyclic) bond motifs is 1. The number of carboxylic acid groups (broad SMARTS) is 1. The maximum atomic E-state index is 11.3. The predicted octanol–water partition coefficient (Wildman–Crippen LogP) is 3.67. The number of amides is 1. The van der Waals surface area contributed by atoms with Gasteiger partial charge in [-0.2, -0.15) is 5.10 Å². The quantitative estimate of drug-likeness (QED) is 0.515. The fourth-order valence-corrected chi connectivity index (χ4v) is 3.06. The van der Waals surface area contributed by atoms with Crippen LogP contribution in [0.2, 0.25) is 0 Å². The SMILES string of the molecule is O=C(O)Nc1cc2ccccc2nc1-c1ccccc1-n1nccc1CO. The number of pyridine rings is 1. The number of nitrogens with one attached hydrogen (secondary N) is 1. The summed E-state index contributed by atoms with van der Waals surface area (Å²) in [5.74, 6) is 0. The van der Waals surface area contributed by atoms with Crippen LogP contribution in [0.3, 0.4) is 0 Å². The first-order valence-electron chi connectivity index (χ1n) is 8.30. The van der Waals surface area contributed by atoms with Crippen molar-refractivity contribution in [1.29, 1.82) is 0 Å². The van der Waals surface area contributed by atoms with Gasteiger partial charge in [0.2, 0.25) is 0 Å². The lowest BCUT2D eigenvalue weighted by molar-refractivity contribution is 0.210. The van der Waals surface area contributed by atoms with Gasteiger partial charge in [-0.15, -0.1) is 0 Å². The molecule has 2 heterocycles. The third-order valence-electron chi connectivity index (χ3n) is 4.24. The molecule has 134 valence electrons. The van der Waals surface area contributed by atoms with Crippen LogP contribution in [0, 0.1) is 0 Å². The molecule has 0 bridgehead atoms. The van der Waals surface area contributed by atoms with Gasteiger partial charge >= 0.3 is 6.09 Å². The van der Waals surface area contributed by atoms with Gasteiger partial charge in [0.1, 0.15) is 0 Å². The lowest BCUT2D eigenvalue weighted by Gasteiger charge is -2.15. The number of para-hydroxylation sites is 2. The molecule has 0 aliphatic carbocycles. The molecule has 7 nitrogen and oxygen atoms in total. The number of anilines is 1. The first kappa shape index (κ1) is 16.7. The van der Waals surface area contributed by atoms with Gasteiger partial charge in [0, 0.05) is 17.1 Å². The number of aliphatic hydroxyl groups excluding tert-OH is 1. The predicted molar refractivity (Wildman–Crippen MR) is 102 cm³/mol. The van der Waals surface area contributed by atoms with Gasteiger partial charge < -0.3 is 10.2 Å². The summed E-state index contributed by atoms with van der Waals surface area (Å²) >= 11 is 0. The fraction of sp³-hybridized carbons (Fsp3) is 0.0500. The Bertz CT molecular complexity index is 1140. The van der Waals surface area contributed by atoms with E-state index in [4.69, 9.17) is 4.98 Å². The second-order valence-corrected chi connectivity index (χ2v) is 5.92. The minimum Gasteiger partial charge on any atom is -0.465 e. The zero-order valence-electron chi connectivity index (χ0n) is 14.2. The molecule has 2 aromatic carbocycles. The molecule has 3 N–H and O–H groups in total. The van der Waals surface area contributed by atoms with Crippen LogP contribution >= 0.6 is 0 Å². The average Bonchev–Trinajstić information content (AvgIpc) is 3.15. The van der Waals surface area contributed by atoms with Crippen LogP contribution in [0.1, 0.15) is 5.69 Å². The van der Waals surface area contributed by atoms with Crippen molar-refractivity contribution in [3.05, 3.63) is 72.6 Å². The molecule has 0 aliphatic rings. The Kier molecular flexibility index (Phi) is 4.27. The second kappa shape index (κ2) is 6.89. The van der Waals surface area contributed by atoms with Crippen LogP contribution in [0.4, 0.5) is 10.5 Å². The van der Waals surface area contributed by atoms with Gasteiger partial charge in [-0.05, 0) is 24.3 Å². The third kappa shape index (κ3) is 3.11. The van der Waals surface area contributed by atoms with Crippen LogP contribution in [0.15, 0.2) is 66.9 Å². The van der Waals surface area contributed by atoms with Gasteiger partial charge in [0.05, 0.1) is 34.9 Å². The Morgan fingerprint density at radius 2 is 1.85 bits per heavy atom. The van der Waals surface area contributed by atoms with Gasteiger partial charge in [-0.1, -0.05) is 36.4 Å². The van der Waals surface area contributed by atoms with E-state index in [0.29, 0.717) is 28.3 Å². The van der Waals surface area contributed by atoms with Crippen molar-refractivity contribution in [2.24, 2.45) is 0 Å². The molecular formula is C20H16N4O3. The molecule has 0 saturated carbocycles. The van der Waals surface area contributed by atoms with Crippen LogP contribution in [-0.4, -0.2) is 31.1 Å². The number of hydrogen-bond acceptors (Lipinski definition) is 4. The highest BCUT2D eigenvalue weighted by Gasteiger charge is 2.17. The van der Waals surface area contributed by atoms with E-state index in [0.717, 1.165) is 10.9 Å². The van der Waals surface area contributed by atoms with E-state index in [-0.39, 0.29) is 6.61 Å². The Morgan fingerprint density at radius 3 is 2.67 bits per heavy atom. The number of carbonyl (C=O) groups is 1.